The van der Waals surface area contributed by atoms with Crippen molar-refractivity contribution in [1.29, 1.82) is 0 Å². The predicted molar refractivity (Wildman–Crippen MR) is 190 cm³/mol. The van der Waals surface area contributed by atoms with E-state index >= 15 is 0 Å². The Labute approximate surface area is 313 Å². The van der Waals surface area contributed by atoms with Crippen molar-refractivity contribution >= 4 is 53.9 Å². The summed E-state index contributed by atoms with van der Waals surface area (Å²) in [5.74, 6) is -0.761. The second-order valence-corrected chi connectivity index (χ2v) is 18.0. The molecule has 0 bridgehead atoms. The molecule has 2 unspecified atom stereocenters. The highest BCUT2D eigenvalue weighted by molar-refractivity contribution is 7.80. The van der Waals surface area contributed by atoms with Crippen molar-refractivity contribution < 1.29 is 61.9 Å². The minimum Gasteiger partial charge on any atom is -0.378 e. The van der Waals surface area contributed by atoms with Crippen molar-refractivity contribution in [2.75, 3.05) is 13.2 Å². The van der Waals surface area contributed by atoms with E-state index in [0.29, 0.717) is 34.7 Å². The zero-order valence-electron chi connectivity index (χ0n) is 28.5. The zero-order valence-corrected chi connectivity index (χ0v) is 31.1. The van der Waals surface area contributed by atoms with Gasteiger partial charge in [-0.1, -0.05) is 60.7 Å². The van der Waals surface area contributed by atoms with E-state index in [1.807, 2.05) is 60.7 Å². The van der Waals surface area contributed by atoms with Gasteiger partial charge in [-0.15, -0.1) is 11.3 Å². The van der Waals surface area contributed by atoms with Gasteiger partial charge in [0.25, 0.3) is 0 Å². The third-order valence-electron chi connectivity index (χ3n) is 8.78. The first-order chi connectivity index (χ1) is 25.6. The smallest absolute Gasteiger partial charge is 0.378 e. The summed E-state index contributed by atoms with van der Waals surface area (Å²) in [7, 11) is -4.49. The Kier molecular flexibility index (Phi) is 11.6. The van der Waals surface area contributed by atoms with Gasteiger partial charge in [-0.05, 0) is 74.3 Å². The molecule has 17 heteroatoms. The molecule has 5 aromatic rings. The van der Waals surface area contributed by atoms with Crippen LogP contribution in [0.1, 0.15) is 43.5 Å². The molecule has 2 nitrogen and oxygen atoms in total. The number of ether oxygens (including phenoxy) is 1. The van der Waals surface area contributed by atoms with E-state index in [9.17, 15) is 52.7 Å². The van der Waals surface area contributed by atoms with Crippen molar-refractivity contribution in [1.82, 2.24) is 0 Å². The summed E-state index contributed by atoms with van der Waals surface area (Å²) < 4.78 is 183. The maximum atomic E-state index is 14.2. The molecule has 1 aromatic heterocycles. The molecular weight excluding hydrogens is 810 g/mol. The molecule has 1 saturated heterocycles. The van der Waals surface area contributed by atoms with Crippen LogP contribution in [0, 0.1) is 13.8 Å². The summed E-state index contributed by atoms with van der Waals surface area (Å²) in [4.78, 5) is 0.786. The Morgan fingerprint density at radius 3 is 1.33 bits per heavy atom. The Morgan fingerprint density at radius 2 is 0.945 bits per heavy atom. The first-order valence-corrected chi connectivity index (χ1v) is 19.7. The van der Waals surface area contributed by atoms with E-state index in [4.69, 9.17) is 9.26 Å². The minimum absolute atomic E-state index is 0.00156. The van der Waals surface area contributed by atoms with Crippen LogP contribution in [0.3, 0.4) is 0 Å². The third-order valence-corrected chi connectivity index (χ3v) is 14.6. The number of thiophene rings is 1. The number of hydrogen-bond acceptors (Lipinski definition) is 3. The fraction of sp³-hybridized carbons (Fsp3) is 0.263. The first kappa shape index (κ1) is 41.2. The number of rotatable bonds is 8. The van der Waals surface area contributed by atoms with E-state index in [2.05, 4.69) is 0 Å². The number of aryl methyl sites for hydroxylation is 2. The van der Waals surface area contributed by atoms with Crippen LogP contribution < -0.4 is 26.5 Å². The van der Waals surface area contributed by atoms with Gasteiger partial charge in [0.05, 0.1) is 49.7 Å². The average molecular weight is 839 g/mol. The molecule has 1 aliphatic heterocycles. The molecule has 0 saturated carbocycles. The number of alkyl halides is 12. The number of halogens is 12. The number of benzene rings is 4. The van der Waals surface area contributed by atoms with Crippen molar-refractivity contribution in [2.24, 2.45) is 0 Å². The quantitative estimate of drug-likeness (QED) is 0.115. The second kappa shape index (κ2) is 15.5. The third kappa shape index (κ3) is 9.07. The summed E-state index contributed by atoms with van der Waals surface area (Å²) in [5, 5.41) is 0.174. The number of hydrogen-bond donors (Lipinski definition) is 0. The summed E-state index contributed by atoms with van der Waals surface area (Å²) in [6, 6.07) is 19.5. The monoisotopic (exact) mass is 838 g/mol. The molecular formula is C38H28F12O2P2S. The van der Waals surface area contributed by atoms with Gasteiger partial charge in [0.1, 0.15) is 0 Å². The van der Waals surface area contributed by atoms with Crippen molar-refractivity contribution in [3.8, 4) is 0 Å². The van der Waals surface area contributed by atoms with Crippen LogP contribution in [-0.2, 0) is 34.0 Å². The molecule has 0 amide bonds. The standard InChI is InChI=1S/C38H28F12O2P2S/c1-21-33(31-19-51-20-32(31)52-54(27-9-5-3-6-10-27)28-11-7-4-8-12-28)34(22(2)55-21)53(29-15-23(35(39,40)41)13-24(16-29)36(42,43)44)30-17-25(37(45,46)47)14-26(18-30)38(48,49)50/h3-18,31-32H,19-20H2,1-2H3. The van der Waals surface area contributed by atoms with Crippen LogP contribution in [0.15, 0.2) is 97.1 Å². The van der Waals surface area contributed by atoms with Crippen molar-refractivity contribution in [2.45, 2.75) is 50.6 Å². The zero-order chi connectivity index (χ0) is 40.1. The summed E-state index contributed by atoms with van der Waals surface area (Å²) in [5.41, 5.74) is -6.73. The molecule has 292 valence electrons. The van der Waals surface area contributed by atoms with Gasteiger partial charge in [0.2, 0.25) is 0 Å². The fourth-order valence-electron chi connectivity index (χ4n) is 6.39. The molecule has 1 fully saturated rings. The van der Waals surface area contributed by atoms with Crippen molar-refractivity contribution in [3.05, 3.63) is 135 Å². The van der Waals surface area contributed by atoms with E-state index < -0.39 is 85.7 Å². The Hall–Kier alpha value is -3.48. The molecule has 0 aliphatic carbocycles. The minimum atomic E-state index is -5.35. The van der Waals surface area contributed by atoms with Crippen LogP contribution in [0.2, 0.25) is 0 Å². The van der Waals surface area contributed by atoms with Gasteiger partial charge in [-0.25, -0.2) is 0 Å². The van der Waals surface area contributed by atoms with Gasteiger partial charge in [-0.3, -0.25) is 0 Å². The van der Waals surface area contributed by atoms with Crippen LogP contribution in [-0.4, -0.2) is 19.3 Å². The molecule has 1 aliphatic rings. The summed E-state index contributed by atoms with van der Waals surface area (Å²) in [6.07, 6.45) is -22.2. The highest BCUT2D eigenvalue weighted by atomic mass is 32.1. The summed E-state index contributed by atoms with van der Waals surface area (Å²) in [6.45, 7) is 3.04. The van der Waals surface area contributed by atoms with E-state index in [1.54, 1.807) is 6.92 Å². The second-order valence-electron chi connectivity index (χ2n) is 12.6. The maximum absolute atomic E-state index is 14.2. The molecule has 2 atom stereocenters. The fourth-order valence-corrected chi connectivity index (χ4v) is 12.6. The van der Waals surface area contributed by atoms with Gasteiger partial charge in [0.15, 0.2) is 0 Å². The molecule has 2 heterocycles. The predicted octanol–water partition coefficient (Wildman–Crippen LogP) is 10.7. The molecule has 55 heavy (non-hydrogen) atoms. The van der Waals surface area contributed by atoms with E-state index in [-0.39, 0.29) is 35.5 Å². The maximum Gasteiger partial charge on any atom is 0.416 e. The molecule has 0 N–H and O–H groups in total. The Balaban J connectivity index is 1.60. The first-order valence-electron chi connectivity index (χ1n) is 16.3. The van der Waals surface area contributed by atoms with Gasteiger partial charge in [0, 0.05) is 31.6 Å². The lowest BCUT2D eigenvalue weighted by molar-refractivity contribution is -0.144. The van der Waals surface area contributed by atoms with Crippen LogP contribution in [0.5, 0.6) is 0 Å². The normalized spacial score (nSPS) is 17.1. The molecule has 4 aromatic carbocycles. The van der Waals surface area contributed by atoms with Gasteiger partial charge >= 0.3 is 24.7 Å². The lowest BCUT2D eigenvalue weighted by atomic mass is 9.96. The van der Waals surface area contributed by atoms with E-state index in [0.717, 1.165) is 21.9 Å². The lowest BCUT2D eigenvalue weighted by Gasteiger charge is -2.29. The molecule has 6 rings (SSSR count). The molecule has 0 radical (unpaired) electrons. The van der Waals surface area contributed by atoms with Crippen LogP contribution >= 0.6 is 27.4 Å². The van der Waals surface area contributed by atoms with Gasteiger partial charge in [-0.2, -0.15) is 52.7 Å². The van der Waals surface area contributed by atoms with Gasteiger partial charge < -0.3 is 9.26 Å². The van der Waals surface area contributed by atoms with Crippen LogP contribution in [0.4, 0.5) is 52.7 Å². The topological polar surface area (TPSA) is 18.5 Å². The van der Waals surface area contributed by atoms with Crippen molar-refractivity contribution in [3.63, 3.8) is 0 Å². The Morgan fingerprint density at radius 1 is 0.545 bits per heavy atom. The Bertz CT molecular complexity index is 1950. The highest BCUT2D eigenvalue weighted by Crippen LogP contribution is 2.49. The summed E-state index contributed by atoms with van der Waals surface area (Å²) >= 11 is 1.07. The largest absolute Gasteiger partial charge is 0.416 e. The van der Waals surface area contributed by atoms with E-state index in [1.165, 1.54) is 6.92 Å². The highest BCUT2D eigenvalue weighted by Gasteiger charge is 2.43. The van der Waals surface area contributed by atoms with Crippen LogP contribution in [0.25, 0.3) is 0 Å². The SMILES string of the molecule is Cc1sc(C)c(P(c2cc(C(F)(F)F)cc(C(F)(F)F)c2)c2cc(C(F)(F)F)cc(C(F)(F)F)c2)c1C1COCC1OP(c1ccccc1)c1ccccc1. The average Bonchev–Trinajstić information content (AvgIpc) is 3.68. The lowest BCUT2D eigenvalue weighted by Crippen LogP contribution is -2.31. The molecule has 0 spiro atoms.